The van der Waals surface area contributed by atoms with Crippen LogP contribution in [0, 0.1) is 12.7 Å². The van der Waals surface area contributed by atoms with Crippen LogP contribution >= 0.6 is 0 Å². The van der Waals surface area contributed by atoms with Gasteiger partial charge in [0.25, 0.3) is 0 Å². The Kier molecular flexibility index (Phi) is 3.39. The number of rotatable bonds is 2. The van der Waals surface area contributed by atoms with Gasteiger partial charge in [-0.25, -0.2) is 9.37 Å². The zero-order valence-electron chi connectivity index (χ0n) is 13.3. The molecule has 1 aromatic carbocycles. The van der Waals surface area contributed by atoms with Gasteiger partial charge in [-0.1, -0.05) is 18.2 Å². The number of nitrogens with zero attached hydrogens (tertiary/aromatic N) is 2. The fraction of sp³-hybridized carbons (Fsp3) is 0.278. The lowest BCUT2D eigenvalue weighted by Crippen LogP contribution is -2.27. The zero-order valence-corrected chi connectivity index (χ0v) is 13.3. The smallest absolute Gasteiger partial charge is 0.139 e. The predicted molar refractivity (Wildman–Crippen MR) is 88.7 cm³/mol. The lowest BCUT2D eigenvalue weighted by atomic mass is 10.1. The summed E-state index contributed by atoms with van der Waals surface area (Å²) in [5.41, 5.74) is 2.92. The van der Waals surface area contributed by atoms with Crippen LogP contribution in [0.15, 0.2) is 42.6 Å². The number of hydrogen-bond donors (Lipinski definition) is 1. The molecule has 3 rings (SSSR count). The molecule has 114 valence electrons. The van der Waals surface area contributed by atoms with Crippen molar-refractivity contribution in [1.82, 2.24) is 9.38 Å². The highest BCUT2D eigenvalue weighted by molar-refractivity contribution is 5.77. The second-order valence-corrected chi connectivity index (χ2v) is 6.60. The van der Waals surface area contributed by atoms with E-state index in [1.165, 1.54) is 6.07 Å². The Morgan fingerprint density at radius 2 is 1.82 bits per heavy atom. The monoisotopic (exact) mass is 297 g/mol. The van der Waals surface area contributed by atoms with E-state index in [1.54, 1.807) is 12.1 Å². The number of pyridine rings is 1. The van der Waals surface area contributed by atoms with Crippen LogP contribution < -0.4 is 5.32 Å². The molecule has 0 spiro atoms. The minimum atomic E-state index is -0.264. The third-order valence-electron chi connectivity index (χ3n) is 3.39. The molecule has 22 heavy (non-hydrogen) atoms. The van der Waals surface area contributed by atoms with Gasteiger partial charge in [0.2, 0.25) is 0 Å². The number of aryl methyl sites for hydroxylation is 1. The van der Waals surface area contributed by atoms with Crippen LogP contribution in [0.25, 0.3) is 16.9 Å². The molecule has 1 N–H and O–H groups in total. The summed E-state index contributed by atoms with van der Waals surface area (Å²) in [7, 11) is 0. The van der Waals surface area contributed by atoms with Crippen molar-refractivity contribution in [3.8, 4) is 11.3 Å². The Labute approximate surface area is 129 Å². The highest BCUT2D eigenvalue weighted by Gasteiger charge is 2.20. The summed E-state index contributed by atoms with van der Waals surface area (Å²) in [4.78, 5) is 4.63. The van der Waals surface area contributed by atoms with Crippen LogP contribution in [0.4, 0.5) is 10.2 Å². The van der Waals surface area contributed by atoms with Crippen molar-refractivity contribution < 1.29 is 4.39 Å². The fourth-order valence-electron chi connectivity index (χ4n) is 2.47. The molecule has 0 amide bonds. The molecular weight excluding hydrogens is 277 g/mol. The van der Waals surface area contributed by atoms with Gasteiger partial charge in [0.1, 0.15) is 23.0 Å². The number of imidazole rings is 1. The lowest BCUT2D eigenvalue weighted by Gasteiger charge is -2.22. The first-order valence-corrected chi connectivity index (χ1v) is 7.37. The van der Waals surface area contributed by atoms with Gasteiger partial charge in [0.15, 0.2) is 0 Å². The maximum atomic E-state index is 14.2. The zero-order chi connectivity index (χ0) is 15.9. The number of nitrogens with one attached hydrogen (secondary N) is 1. The second kappa shape index (κ2) is 5.13. The summed E-state index contributed by atoms with van der Waals surface area (Å²) in [6.07, 6.45) is 2.01. The maximum absolute atomic E-state index is 14.2. The van der Waals surface area contributed by atoms with Crippen LogP contribution in [-0.4, -0.2) is 14.9 Å². The van der Waals surface area contributed by atoms with Crippen molar-refractivity contribution >= 4 is 11.5 Å². The summed E-state index contributed by atoms with van der Waals surface area (Å²) in [6.45, 7) is 8.26. The highest BCUT2D eigenvalue weighted by atomic mass is 19.1. The first-order valence-electron chi connectivity index (χ1n) is 7.37. The number of hydrogen-bond acceptors (Lipinski definition) is 2. The molecule has 0 radical (unpaired) electrons. The Hall–Kier alpha value is -2.36. The van der Waals surface area contributed by atoms with Crippen LogP contribution in [0.1, 0.15) is 26.3 Å². The SMILES string of the molecule is Cc1ccc2nc(-c3ccccc3F)c(NC(C)(C)C)n2c1. The Morgan fingerprint density at radius 3 is 2.50 bits per heavy atom. The van der Waals surface area contributed by atoms with Crippen LogP contribution in [0.2, 0.25) is 0 Å². The molecule has 2 heterocycles. The molecular formula is C18H20FN3. The number of halogens is 1. The van der Waals surface area contributed by atoms with Crippen molar-refractivity contribution in [2.45, 2.75) is 33.2 Å². The molecule has 0 atom stereocenters. The Bertz CT molecular complexity index is 828. The summed E-state index contributed by atoms with van der Waals surface area (Å²) in [5, 5.41) is 3.46. The molecule has 3 aromatic rings. The summed E-state index contributed by atoms with van der Waals surface area (Å²) >= 11 is 0. The van der Waals surface area contributed by atoms with Gasteiger partial charge >= 0.3 is 0 Å². The molecule has 3 nitrogen and oxygen atoms in total. The van der Waals surface area contributed by atoms with Crippen LogP contribution in [-0.2, 0) is 0 Å². The third-order valence-corrected chi connectivity index (χ3v) is 3.39. The first kappa shape index (κ1) is 14.6. The van der Waals surface area contributed by atoms with Crippen LogP contribution in [0.5, 0.6) is 0 Å². The van der Waals surface area contributed by atoms with Gasteiger partial charge in [0, 0.05) is 17.3 Å². The van der Waals surface area contributed by atoms with E-state index in [0.717, 1.165) is 17.0 Å². The molecule has 0 aliphatic heterocycles. The highest BCUT2D eigenvalue weighted by Crippen LogP contribution is 2.32. The van der Waals surface area contributed by atoms with E-state index in [2.05, 4.69) is 31.1 Å². The first-order chi connectivity index (χ1) is 10.3. The van der Waals surface area contributed by atoms with E-state index in [9.17, 15) is 4.39 Å². The average molecular weight is 297 g/mol. The van der Waals surface area contributed by atoms with Gasteiger partial charge in [0.05, 0.1) is 0 Å². The predicted octanol–water partition coefficient (Wildman–Crippen LogP) is 4.66. The molecule has 0 aliphatic carbocycles. The van der Waals surface area contributed by atoms with Crippen molar-refractivity contribution in [2.24, 2.45) is 0 Å². The number of benzene rings is 1. The number of anilines is 1. The molecule has 4 heteroatoms. The molecule has 0 saturated heterocycles. The molecule has 0 bridgehead atoms. The topological polar surface area (TPSA) is 29.3 Å². The molecule has 0 fully saturated rings. The fourth-order valence-corrected chi connectivity index (χ4v) is 2.47. The minimum Gasteiger partial charge on any atom is -0.365 e. The van der Waals surface area contributed by atoms with E-state index >= 15 is 0 Å². The van der Waals surface area contributed by atoms with Gasteiger partial charge in [-0.15, -0.1) is 0 Å². The molecule has 2 aromatic heterocycles. The molecule has 0 aliphatic rings. The maximum Gasteiger partial charge on any atom is 0.139 e. The lowest BCUT2D eigenvalue weighted by molar-refractivity contribution is 0.625. The van der Waals surface area contributed by atoms with E-state index in [-0.39, 0.29) is 11.4 Å². The van der Waals surface area contributed by atoms with E-state index in [1.807, 2.05) is 35.7 Å². The van der Waals surface area contributed by atoms with Crippen molar-refractivity contribution in [3.63, 3.8) is 0 Å². The van der Waals surface area contributed by atoms with Crippen molar-refractivity contribution in [2.75, 3.05) is 5.32 Å². The Morgan fingerprint density at radius 1 is 1.09 bits per heavy atom. The third kappa shape index (κ3) is 2.69. The number of aromatic nitrogens is 2. The quantitative estimate of drug-likeness (QED) is 0.745. The second-order valence-electron chi connectivity index (χ2n) is 6.60. The normalized spacial score (nSPS) is 11.9. The molecule has 0 saturated carbocycles. The Balaban J connectivity index is 2.29. The van der Waals surface area contributed by atoms with Gasteiger partial charge in [-0.2, -0.15) is 0 Å². The number of fused-ring (bicyclic) bond motifs is 1. The van der Waals surface area contributed by atoms with Gasteiger partial charge in [-0.05, 0) is 51.5 Å². The summed E-state index contributed by atoms with van der Waals surface area (Å²) in [6, 6.07) is 10.7. The van der Waals surface area contributed by atoms with E-state index in [0.29, 0.717) is 11.3 Å². The molecule has 0 unspecified atom stereocenters. The van der Waals surface area contributed by atoms with Crippen molar-refractivity contribution in [3.05, 3.63) is 54.0 Å². The average Bonchev–Trinajstić information content (AvgIpc) is 2.76. The van der Waals surface area contributed by atoms with E-state index < -0.39 is 0 Å². The summed E-state index contributed by atoms with van der Waals surface area (Å²) in [5.74, 6) is 0.552. The largest absolute Gasteiger partial charge is 0.365 e. The minimum absolute atomic E-state index is 0.153. The van der Waals surface area contributed by atoms with Crippen molar-refractivity contribution in [1.29, 1.82) is 0 Å². The van der Waals surface area contributed by atoms with Crippen LogP contribution in [0.3, 0.4) is 0 Å². The van der Waals surface area contributed by atoms with Gasteiger partial charge < -0.3 is 5.32 Å². The standard InChI is InChI=1S/C18H20FN3/c1-12-9-10-15-20-16(13-7-5-6-8-14(13)19)17(22(15)11-12)21-18(2,3)4/h5-11,21H,1-4H3. The van der Waals surface area contributed by atoms with Gasteiger partial charge in [-0.3, -0.25) is 4.40 Å². The van der Waals surface area contributed by atoms with E-state index in [4.69, 9.17) is 0 Å². The summed E-state index contributed by atoms with van der Waals surface area (Å²) < 4.78 is 16.2.